The molecule has 104 valence electrons. The summed E-state index contributed by atoms with van der Waals surface area (Å²) in [5, 5.41) is 2.56. The molecule has 0 saturated carbocycles. The van der Waals surface area contributed by atoms with Crippen molar-refractivity contribution in [1.82, 2.24) is 10.3 Å². The molecule has 0 spiro atoms. The molecule has 0 saturated heterocycles. The molecule has 6 heteroatoms. The maximum Gasteiger partial charge on any atom is 0.387 e. The number of hydrogen-bond acceptors (Lipinski definition) is 3. The Morgan fingerprint density at radius 1 is 1.25 bits per heavy atom. The third kappa shape index (κ3) is 3.74. The van der Waals surface area contributed by atoms with Crippen LogP contribution in [0, 0.1) is 0 Å². The number of nitrogens with zero attached hydrogens (tertiary/aromatic N) is 1. The van der Waals surface area contributed by atoms with Gasteiger partial charge in [-0.15, -0.1) is 0 Å². The number of carbonyl (C=O) groups excluding carboxylic acids is 1. The second-order valence-electron chi connectivity index (χ2n) is 3.95. The molecular weight excluding hydrogens is 266 g/mol. The molecule has 4 nitrogen and oxygen atoms in total. The van der Waals surface area contributed by atoms with Crippen molar-refractivity contribution in [2.24, 2.45) is 0 Å². The number of carbonyl (C=O) groups is 1. The van der Waals surface area contributed by atoms with Gasteiger partial charge in [0.15, 0.2) is 0 Å². The van der Waals surface area contributed by atoms with E-state index in [-0.39, 0.29) is 5.75 Å². The van der Waals surface area contributed by atoms with Gasteiger partial charge in [-0.1, -0.05) is 0 Å². The van der Waals surface area contributed by atoms with Crippen molar-refractivity contribution in [3.63, 3.8) is 0 Å². The number of aromatic nitrogens is 1. The average molecular weight is 278 g/mol. The highest BCUT2D eigenvalue weighted by Crippen LogP contribution is 2.22. The highest BCUT2D eigenvalue weighted by Gasteiger charge is 2.05. The van der Waals surface area contributed by atoms with Crippen LogP contribution in [-0.4, -0.2) is 18.0 Å². The molecule has 1 aromatic heterocycles. The van der Waals surface area contributed by atoms with Gasteiger partial charge in [0.05, 0.1) is 5.69 Å². The van der Waals surface area contributed by atoms with E-state index in [1.165, 1.54) is 12.1 Å². The summed E-state index contributed by atoms with van der Waals surface area (Å²) in [7, 11) is 0. The monoisotopic (exact) mass is 278 g/mol. The first kappa shape index (κ1) is 13.9. The van der Waals surface area contributed by atoms with E-state index < -0.39 is 6.61 Å². The molecule has 1 N–H and O–H groups in total. The van der Waals surface area contributed by atoms with E-state index in [2.05, 4.69) is 15.0 Å². The number of benzene rings is 1. The minimum atomic E-state index is -2.84. The lowest BCUT2D eigenvalue weighted by molar-refractivity contribution is -0.109. The second kappa shape index (κ2) is 6.60. The second-order valence-corrected chi connectivity index (χ2v) is 3.95. The third-order valence-electron chi connectivity index (χ3n) is 2.59. The summed E-state index contributed by atoms with van der Waals surface area (Å²) in [6.07, 6.45) is 2.25. The van der Waals surface area contributed by atoms with E-state index in [9.17, 15) is 13.6 Å². The summed E-state index contributed by atoms with van der Waals surface area (Å²) >= 11 is 0. The van der Waals surface area contributed by atoms with Gasteiger partial charge in [0.2, 0.25) is 6.41 Å². The summed E-state index contributed by atoms with van der Waals surface area (Å²) in [5.74, 6) is 0.0996. The summed E-state index contributed by atoms with van der Waals surface area (Å²) in [5.41, 5.74) is 2.37. The molecule has 1 aromatic carbocycles. The molecule has 0 atom stereocenters. The first-order valence-corrected chi connectivity index (χ1v) is 5.86. The highest BCUT2D eigenvalue weighted by molar-refractivity contribution is 5.60. The van der Waals surface area contributed by atoms with Crippen LogP contribution < -0.4 is 10.1 Å². The largest absolute Gasteiger partial charge is 0.435 e. The van der Waals surface area contributed by atoms with Crippen molar-refractivity contribution >= 4 is 6.41 Å². The minimum absolute atomic E-state index is 0.0996. The van der Waals surface area contributed by atoms with Crippen molar-refractivity contribution in [2.75, 3.05) is 0 Å². The lowest BCUT2D eigenvalue weighted by Crippen LogP contribution is -2.09. The Labute approximate surface area is 114 Å². The van der Waals surface area contributed by atoms with Crippen molar-refractivity contribution in [3.05, 3.63) is 48.2 Å². The molecule has 2 rings (SSSR count). The Morgan fingerprint density at radius 2 is 2.00 bits per heavy atom. The number of ether oxygens (including phenoxy) is 1. The molecule has 20 heavy (non-hydrogen) atoms. The van der Waals surface area contributed by atoms with E-state index in [1.54, 1.807) is 24.4 Å². The molecule has 1 amide bonds. The fourth-order valence-electron chi connectivity index (χ4n) is 1.71. The lowest BCUT2D eigenvalue weighted by Gasteiger charge is -2.07. The van der Waals surface area contributed by atoms with Crippen LogP contribution in [-0.2, 0) is 11.3 Å². The third-order valence-corrected chi connectivity index (χ3v) is 2.59. The van der Waals surface area contributed by atoms with Crippen LogP contribution in [0.25, 0.3) is 11.3 Å². The first-order valence-electron chi connectivity index (χ1n) is 5.86. The number of alkyl halides is 2. The van der Waals surface area contributed by atoms with Crippen LogP contribution in [0.15, 0.2) is 42.6 Å². The van der Waals surface area contributed by atoms with Gasteiger partial charge in [-0.25, -0.2) is 0 Å². The minimum Gasteiger partial charge on any atom is -0.435 e. The maximum absolute atomic E-state index is 12.0. The standard InChI is InChI=1S/C14H12F2N2O2/c15-14(16)20-12-3-1-11(2-4-12)13-7-10(5-6-18-13)8-17-9-19/h1-7,9,14H,8H2,(H,17,19). The van der Waals surface area contributed by atoms with Crippen molar-refractivity contribution in [3.8, 4) is 17.0 Å². The number of amides is 1. The zero-order valence-electron chi connectivity index (χ0n) is 10.4. The predicted molar refractivity (Wildman–Crippen MR) is 69.2 cm³/mol. The predicted octanol–water partition coefficient (Wildman–Crippen LogP) is 2.60. The van der Waals surface area contributed by atoms with E-state index in [1.807, 2.05) is 6.07 Å². The van der Waals surface area contributed by atoms with Gasteiger partial charge < -0.3 is 10.1 Å². The summed E-state index contributed by atoms with van der Waals surface area (Å²) in [6.45, 7) is -2.43. The molecule has 2 aromatic rings. The van der Waals surface area contributed by atoms with Gasteiger partial charge in [-0.05, 0) is 42.0 Å². The topological polar surface area (TPSA) is 51.2 Å². The van der Waals surface area contributed by atoms with Crippen LogP contribution in [0.3, 0.4) is 0 Å². The van der Waals surface area contributed by atoms with Gasteiger partial charge in [0.1, 0.15) is 5.75 Å². The van der Waals surface area contributed by atoms with Gasteiger partial charge in [-0.2, -0.15) is 8.78 Å². The van der Waals surface area contributed by atoms with Gasteiger partial charge in [0, 0.05) is 18.3 Å². The molecule has 0 unspecified atom stereocenters. The highest BCUT2D eigenvalue weighted by atomic mass is 19.3. The fraction of sp³-hybridized carbons (Fsp3) is 0.143. The molecular formula is C14H12F2N2O2. The van der Waals surface area contributed by atoms with Crippen molar-refractivity contribution in [2.45, 2.75) is 13.2 Å². The smallest absolute Gasteiger partial charge is 0.387 e. The van der Waals surface area contributed by atoms with Crippen LogP contribution in [0.5, 0.6) is 5.75 Å². The van der Waals surface area contributed by atoms with Crippen LogP contribution >= 0.6 is 0 Å². The SMILES string of the molecule is O=CNCc1ccnc(-c2ccc(OC(F)F)cc2)c1. The molecule has 0 aliphatic rings. The summed E-state index contributed by atoms with van der Waals surface area (Å²) in [4.78, 5) is 14.5. The average Bonchev–Trinajstić information content (AvgIpc) is 2.45. The fourth-order valence-corrected chi connectivity index (χ4v) is 1.71. The van der Waals surface area contributed by atoms with Crippen LogP contribution in [0.4, 0.5) is 8.78 Å². The zero-order valence-corrected chi connectivity index (χ0v) is 10.4. The molecule has 0 bridgehead atoms. The lowest BCUT2D eigenvalue weighted by atomic mass is 10.1. The summed E-state index contributed by atoms with van der Waals surface area (Å²) in [6, 6.07) is 9.82. The molecule has 0 radical (unpaired) electrons. The van der Waals surface area contributed by atoms with Gasteiger partial charge >= 0.3 is 6.61 Å². The Morgan fingerprint density at radius 3 is 2.65 bits per heavy atom. The molecule has 0 fully saturated rings. The van der Waals surface area contributed by atoms with Crippen LogP contribution in [0.2, 0.25) is 0 Å². The molecule has 1 heterocycles. The van der Waals surface area contributed by atoms with E-state index in [0.29, 0.717) is 18.6 Å². The Kier molecular flexibility index (Phi) is 4.60. The zero-order chi connectivity index (χ0) is 14.4. The van der Waals surface area contributed by atoms with Crippen molar-refractivity contribution < 1.29 is 18.3 Å². The Balaban J connectivity index is 2.16. The number of hydrogen-bond donors (Lipinski definition) is 1. The molecule has 0 aliphatic carbocycles. The normalized spacial score (nSPS) is 10.3. The van der Waals surface area contributed by atoms with Gasteiger partial charge in [0.25, 0.3) is 0 Å². The maximum atomic E-state index is 12.0. The number of rotatable bonds is 6. The number of halogens is 2. The van der Waals surface area contributed by atoms with E-state index >= 15 is 0 Å². The summed E-state index contributed by atoms with van der Waals surface area (Å²) < 4.78 is 28.4. The number of nitrogens with one attached hydrogen (secondary N) is 1. The van der Waals surface area contributed by atoms with E-state index in [0.717, 1.165) is 11.1 Å². The number of pyridine rings is 1. The molecule has 0 aliphatic heterocycles. The van der Waals surface area contributed by atoms with E-state index in [4.69, 9.17) is 0 Å². The van der Waals surface area contributed by atoms with Crippen molar-refractivity contribution in [1.29, 1.82) is 0 Å². The Hall–Kier alpha value is -2.50. The van der Waals surface area contributed by atoms with Gasteiger partial charge in [-0.3, -0.25) is 9.78 Å². The first-order chi connectivity index (χ1) is 9.69. The Bertz CT molecular complexity index is 574. The van der Waals surface area contributed by atoms with Crippen LogP contribution in [0.1, 0.15) is 5.56 Å². The quantitative estimate of drug-likeness (QED) is 0.826.